The van der Waals surface area contributed by atoms with Gasteiger partial charge in [0, 0.05) is 6.54 Å². The summed E-state index contributed by atoms with van der Waals surface area (Å²) in [7, 11) is 0. The van der Waals surface area contributed by atoms with E-state index < -0.39 is 5.54 Å². The molecule has 0 aromatic heterocycles. The van der Waals surface area contributed by atoms with E-state index in [4.69, 9.17) is 5.73 Å². The van der Waals surface area contributed by atoms with Crippen LogP contribution in [0.15, 0.2) is 0 Å². The van der Waals surface area contributed by atoms with Gasteiger partial charge in [-0.15, -0.1) is 0 Å². The molecule has 2 aliphatic rings. The third-order valence-electron chi connectivity index (χ3n) is 3.08. The van der Waals surface area contributed by atoms with Gasteiger partial charge in [-0.25, -0.2) is 0 Å². The number of nitrogens with two attached hydrogens (primary N) is 1. The molecule has 0 aromatic carbocycles. The smallest absolute Gasteiger partial charge is 0.242 e. The minimum atomic E-state index is -0.688. The molecule has 1 saturated heterocycles. The summed E-state index contributed by atoms with van der Waals surface area (Å²) in [6.45, 7) is 0.707. The molecule has 1 atom stereocenters. The van der Waals surface area contributed by atoms with Crippen molar-refractivity contribution < 1.29 is 9.59 Å². The van der Waals surface area contributed by atoms with Crippen molar-refractivity contribution >= 4 is 11.8 Å². The summed E-state index contributed by atoms with van der Waals surface area (Å²) in [5.74, 6) is -0.255. The molecule has 1 heterocycles. The second-order valence-corrected chi connectivity index (χ2v) is 4.47. The Morgan fingerprint density at radius 2 is 2.20 bits per heavy atom. The minimum Gasteiger partial charge on any atom is -0.354 e. The Morgan fingerprint density at radius 3 is 2.87 bits per heavy atom. The van der Waals surface area contributed by atoms with Crippen LogP contribution in [-0.2, 0) is 9.59 Å². The quantitative estimate of drug-likeness (QED) is 0.562. The van der Waals surface area contributed by atoms with Crippen LogP contribution in [0, 0.1) is 0 Å². The first-order chi connectivity index (χ1) is 7.12. The van der Waals surface area contributed by atoms with Crippen molar-refractivity contribution in [3.8, 4) is 0 Å². The van der Waals surface area contributed by atoms with Crippen LogP contribution in [0.25, 0.3) is 0 Å². The molecule has 15 heavy (non-hydrogen) atoms. The summed E-state index contributed by atoms with van der Waals surface area (Å²) in [6.07, 6.45) is 4.11. The van der Waals surface area contributed by atoms with E-state index in [2.05, 4.69) is 10.6 Å². The molecule has 2 amide bonds. The van der Waals surface area contributed by atoms with Gasteiger partial charge in [-0.1, -0.05) is 0 Å². The molecule has 5 nitrogen and oxygen atoms in total. The van der Waals surface area contributed by atoms with Crippen LogP contribution in [0.2, 0.25) is 0 Å². The molecule has 2 rings (SSSR count). The second-order valence-electron chi connectivity index (χ2n) is 4.47. The summed E-state index contributed by atoms with van der Waals surface area (Å²) in [4.78, 5) is 23.2. The summed E-state index contributed by atoms with van der Waals surface area (Å²) in [5, 5.41) is 5.51. The van der Waals surface area contributed by atoms with Crippen molar-refractivity contribution in [2.45, 2.75) is 43.7 Å². The van der Waals surface area contributed by atoms with E-state index in [-0.39, 0.29) is 17.9 Å². The lowest BCUT2D eigenvalue weighted by Crippen LogP contribution is -2.52. The number of carbonyl (C=O) groups is 2. The molecule has 4 N–H and O–H groups in total. The Bertz CT molecular complexity index is 286. The minimum absolute atomic E-state index is 0.0786. The molecule has 1 aliphatic heterocycles. The number of amides is 2. The molecule has 0 spiro atoms. The highest BCUT2D eigenvalue weighted by Gasteiger charge is 2.46. The normalized spacial score (nSPS) is 28.9. The Labute approximate surface area is 88.8 Å². The fourth-order valence-corrected chi connectivity index (χ4v) is 1.74. The number of carbonyl (C=O) groups excluding carboxylic acids is 2. The number of hydrogen-bond acceptors (Lipinski definition) is 3. The molecule has 0 radical (unpaired) electrons. The van der Waals surface area contributed by atoms with Crippen molar-refractivity contribution in [1.29, 1.82) is 0 Å². The van der Waals surface area contributed by atoms with Crippen LogP contribution in [0.5, 0.6) is 0 Å². The Kier molecular flexibility index (Phi) is 2.65. The van der Waals surface area contributed by atoms with E-state index in [1.54, 1.807) is 0 Å². The first kappa shape index (κ1) is 10.4. The van der Waals surface area contributed by atoms with Crippen molar-refractivity contribution in [1.82, 2.24) is 10.6 Å². The van der Waals surface area contributed by atoms with E-state index in [1.807, 2.05) is 0 Å². The zero-order chi connectivity index (χ0) is 10.9. The SMILES string of the molecule is NC1(C(=O)NC2CCCCNC2=O)CC1. The molecule has 1 saturated carbocycles. The van der Waals surface area contributed by atoms with Crippen molar-refractivity contribution in [3.63, 3.8) is 0 Å². The van der Waals surface area contributed by atoms with Crippen molar-refractivity contribution in [3.05, 3.63) is 0 Å². The number of rotatable bonds is 2. The number of hydrogen-bond donors (Lipinski definition) is 3. The van der Waals surface area contributed by atoms with Crippen LogP contribution in [0.1, 0.15) is 32.1 Å². The van der Waals surface area contributed by atoms with Crippen molar-refractivity contribution in [2.24, 2.45) is 5.73 Å². The van der Waals surface area contributed by atoms with Gasteiger partial charge < -0.3 is 16.4 Å². The average Bonchev–Trinajstić information content (AvgIpc) is 2.96. The Morgan fingerprint density at radius 1 is 1.47 bits per heavy atom. The van der Waals surface area contributed by atoms with Gasteiger partial charge in [0.1, 0.15) is 6.04 Å². The van der Waals surface area contributed by atoms with Crippen LogP contribution >= 0.6 is 0 Å². The average molecular weight is 211 g/mol. The maximum atomic E-state index is 11.6. The lowest BCUT2D eigenvalue weighted by molar-refractivity contribution is -0.129. The highest BCUT2D eigenvalue weighted by molar-refractivity contribution is 5.93. The first-order valence-corrected chi connectivity index (χ1v) is 5.49. The Balaban J connectivity index is 1.91. The van der Waals surface area contributed by atoms with Gasteiger partial charge in [0.15, 0.2) is 0 Å². The summed E-state index contributed by atoms with van der Waals surface area (Å²) >= 11 is 0. The summed E-state index contributed by atoms with van der Waals surface area (Å²) in [6, 6.07) is -0.388. The molecule has 84 valence electrons. The van der Waals surface area contributed by atoms with Crippen LogP contribution in [0.4, 0.5) is 0 Å². The standard InChI is InChI=1S/C10H17N3O2/c11-10(4-5-10)9(15)13-7-3-1-2-6-12-8(7)14/h7H,1-6,11H2,(H,12,14)(H,13,15). The monoisotopic (exact) mass is 211 g/mol. The fourth-order valence-electron chi connectivity index (χ4n) is 1.74. The first-order valence-electron chi connectivity index (χ1n) is 5.49. The molecular formula is C10H17N3O2. The van der Waals surface area contributed by atoms with E-state index in [9.17, 15) is 9.59 Å². The van der Waals surface area contributed by atoms with Gasteiger partial charge in [-0.3, -0.25) is 9.59 Å². The van der Waals surface area contributed by atoms with Gasteiger partial charge in [0.2, 0.25) is 11.8 Å². The molecule has 0 aromatic rings. The maximum Gasteiger partial charge on any atom is 0.242 e. The van der Waals surface area contributed by atoms with Gasteiger partial charge >= 0.3 is 0 Å². The molecular weight excluding hydrogens is 194 g/mol. The van der Waals surface area contributed by atoms with E-state index in [0.29, 0.717) is 13.0 Å². The third-order valence-corrected chi connectivity index (χ3v) is 3.08. The third kappa shape index (κ3) is 2.28. The van der Waals surface area contributed by atoms with Gasteiger partial charge in [-0.2, -0.15) is 0 Å². The Hall–Kier alpha value is -1.10. The van der Waals surface area contributed by atoms with Gasteiger partial charge in [0.25, 0.3) is 0 Å². The molecule has 0 bridgehead atoms. The largest absolute Gasteiger partial charge is 0.354 e. The van der Waals surface area contributed by atoms with Gasteiger partial charge in [-0.05, 0) is 32.1 Å². The lowest BCUT2D eigenvalue weighted by atomic mass is 10.1. The zero-order valence-corrected chi connectivity index (χ0v) is 8.71. The topological polar surface area (TPSA) is 84.2 Å². The molecule has 1 unspecified atom stereocenters. The zero-order valence-electron chi connectivity index (χ0n) is 8.71. The highest BCUT2D eigenvalue weighted by atomic mass is 16.2. The molecule has 1 aliphatic carbocycles. The van der Waals surface area contributed by atoms with E-state index in [0.717, 1.165) is 25.7 Å². The summed E-state index contributed by atoms with van der Waals surface area (Å²) < 4.78 is 0. The summed E-state index contributed by atoms with van der Waals surface area (Å²) in [5.41, 5.74) is 5.06. The molecule has 5 heteroatoms. The predicted octanol–water partition coefficient (Wildman–Crippen LogP) is -0.737. The fraction of sp³-hybridized carbons (Fsp3) is 0.800. The van der Waals surface area contributed by atoms with Crippen LogP contribution < -0.4 is 16.4 Å². The predicted molar refractivity (Wildman–Crippen MR) is 54.9 cm³/mol. The van der Waals surface area contributed by atoms with Crippen molar-refractivity contribution in [2.75, 3.05) is 6.54 Å². The van der Waals surface area contributed by atoms with E-state index >= 15 is 0 Å². The maximum absolute atomic E-state index is 11.6. The van der Waals surface area contributed by atoms with E-state index in [1.165, 1.54) is 0 Å². The van der Waals surface area contributed by atoms with Crippen LogP contribution in [-0.4, -0.2) is 29.9 Å². The molecule has 2 fully saturated rings. The van der Waals surface area contributed by atoms with Gasteiger partial charge in [0.05, 0.1) is 5.54 Å². The second kappa shape index (κ2) is 3.81. The lowest BCUT2D eigenvalue weighted by Gasteiger charge is -2.17. The number of nitrogens with one attached hydrogen (secondary N) is 2. The highest BCUT2D eigenvalue weighted by Crippen LogP contribution is 2.32. The van der Waals surface area contributed by atoms with Crippen LogP contribution in [0.3, 0.4) is 0 Å².